The Balaban J connectivity index is 1.54. The van der Waals surface area contributed by atoms with E-state index in [2.05, 4.69) is 10.6 Å². The summed E-state index contributed by atoms with van der Waals surface area (Å²) in [5.74, 6) is -0.235. The van der Waals surface area contributed by atoms with Gasteiger partial charge in [0.25, 0.3) is 5.91 Å². The number of furan rings is 1. The van der Waals surface area contributed by atoms with E-state index in [1.807, 2.05) is 35.7 Å². The molecule has 2 aromatic heterocycles. The van der Waals surface area contributed by atoms with Crippen molar-refractivity contribution in [1.82, 2.24) is 5.32 Å². The predicted octanol–water partition coefficient (Wildman–Crippen LogP) is 3.92. The number of hydrogen-bond acceptors (Lipinski definition) is 4. The van der Waals surface area contributed by atoms with E-state index >= 15 is 0 Å². The van der Waals surface area contributed by atoms with Crippen molar-refractivity contribution in [1.29, 1.82) is 0 Å². The number of carbonyl (C=O) groups is 2. The number of nitrogens with one attached hydrogen (secondary N) is 2. The molecule has 0 saturated heterocycles. The predicted molar refractivity (Wildman–Crippen MR) is 98.3 cm³/mol. The number of anilines is 1. The summed E-state index contributed by atoms with van der Waals surface area (Å²) in [4.78, 5) is 24.8. The zero-order valence-electron chi connectivity index (χ0n) is 13.3. The van der Waals surface area contributed by atoms with Crippen LogP contribution in [0.25, 0.3) is 6.08 Å². The van der Waals surface area contributed by atoms with Gasteiger partial charge in [-0.05, 0) is 47.4 Å². The van der Waals surface area contributed by atoms with Gasteiger partial charge in [0.15, 0.2) is 5.76 Å². The third-order valence-corrected chi connectivity index (χ3v) is 4.18. The summed E-state index contributed by atoms with van der Waals surface area (Å²) in [7, 11) is 0. The minimum absolute atomic E-state index is 0.168. The van der Waals surface area contributed by atoms with Crippen LogP contribution in [0.4, 0.5) is 5.69 Å². The lowest BCUT2D eigenvalue weighted by Crippen LogP contribution is -2.20. The normalized spacial score (nSPS) is 10.7. The van der Waals surface area contributed by atoms with Gasteiger partial charge in [0.1, 0.15) is 0 Å². The van der Waals surface area contributed by atoms with Crippen LogP contribution in [0.15, 0.2) is 70.7 Å². The van der Waals surface area contributed by atoms with Crippen molar-refractivity contribution in [2.24, 2.45) is 0 Å². The van der Waals surface area contributed by atoms with E-state index in [1.54, 1.807) is 35.6 Å². The van der Waals surface area contributed by atoms with Crippen LogP contribution in [0, 0.1) is 0 Å². The first-order valence-electron chi connectivity index (χ1n) is 7.64. The lowest BCUT2D eigenvalue weighted by atomic mass is 10.2. The van der Waals surface area contributed by atoms with E-state index in [0.717, 1.165) is 10.4 Å². The van der Waals surface area contributed by atoms with Crippen LogP contribution in [-0.2, 0) is 11.3 Å². The quantitative estimate of drug-likeness (QED) is 0.661. The average molecular weight is 352 g/mol. The summed E-state index contributed by atoms with van der Waals surface area (Å²) in [5, 5.41) is 7.53. The van der Waals surface area contributed by atoms with Gasteiger partial charge in [-0.15, -0.1) is 11.3 Å². The van der Waals surface area contributed by atoms with Crippen molar-refractivity contribution in [2.45, 2.75) is 6.54 Å². The second-order valence-corrected chi connectivity index (χ2v) is 6.18. The van der Waals surface area contributed by atoms with Crippen LogP contribution in [-0.4, -0.2) is 11.8 Å². The van der Waals surface area contributed by atoms with E-state index in [9.17, 15) is 9.59 Å². The molecule has 2 N–H and O–H groups in total. The monoisotopic (exact) mass is 352 g/mol. The van der Waals surface area contributed by atoms with Crippen LogP contribution in [0.5, 0.6) is 0 Å². The van der Waals surface area contributed by atoms with Crippen molar-refractivity contribution in [3.8, 4) is 0 Å². The summed E-state index contributed by atoms with van der Waals surface area (Å²) in [6.45, 7) is 0.373. The Morgan fingerprint density at radius 1 is 1.12 bits per heavy atom. The first-order chi connectivity index (χ1) is 12.2. The van der Waals surface area contributed by atoms with Gasteiger partial charge in [0, 0.05) is 23.2 Å². The summed E-state index contributed by atoms with van der Waals surface area (Å²) in [6.07, 6.45) is 4.74. The molecule has 0 atom stereocenters. The number of carbonyl (C=O) groups excluding carboxylic acids is 2. The molecule has 3 aromatic rings. The fraction of sp³-hybridized carbons (Fsp3) is 0.0526. The first-order valence-corrected chi connectivity index (χ1v) is 8.52. The molecular weight excluding hydrogens is 336 g/mol. The maximum Gasteiger partial charge on any atom is 0.291 e. The molecule has 2 heterocycles. The van der Waals surface area contributed by atoms with E-state index in [1.165, 1.54) is 12.3 Å². The second-order valence-electron chi connectivity index (χ2n) is 5.20. The molecule has 0 bridgehead atoms. The fourth-order valence-corrected chi connectivity index (χ4v) is 2.77. The number of thiophene rings is 1. The second kappa shape index (κ2) is 8.12. The number of hydrogen-bond donors (Lipinski definition) is 2. The maximum absolute atomic E-state index is 12.0. The smallest absolute Gasteiger partial charge is 0.291 e. The Kier molecular flexibility index (Phi) is 5.43. The molecular formula is C19H16N2O3S. The minimum Gasteiger partial charge on any atom is -0.459 e. The summed E-state index contributed by atoms with van der Waals surface area (Å²) >= 11 is 1.57. The Labute approximate surface area is 149 Å². The van der Waals surface area contributed by atoms with Gasteiger partial charge in [-0.2, -0.15) is 0 Å². The Morgan fingerprint density at radius 3 is 2.80 bits per heavy atom. The zero-order valence-corrected chi connectivity index (χ0v) is 14.1. The SMILES string of the molecule is O=C(/C=C/c1cccs1)NCc1cccc(NC(=O)c2ccco2)c1. The number of rotatable bonds is 6. The number of amides is 2. The van der Waals surface area contributed by atoms with Crippen molar-refractivity contribution in [3.63, 3.8) is 0 Å². The van der Waals surface area contributed by atoms with Crippen LogP contribution in [0.2, 0.25) is 0 Å². The molecule has 6 heteroatoms. The summed E-state index contributed by atoms with van der Waals surface area (Å²) in [6, 6.07) is 14.4. The number of benzene rings is 1. The van der Waals surface area contributed by atoms with Gasteiger partial charge in [-0.3, -0.25) is 9.59 Å². The van der Waals surface area contributed by atoms with Crippen LogP contribution in [0.3, 0.4) is 0 Å². The minimum atomic E-state index is -0.315. The van der Waals surface area contributed by atoms with Gasteiger partial charge in [0.05, 0.1) is 6.26 Å². The van der Waals surface area contributed by atoms with Crippen LogP contribution >= 0.6 is 11.3 Å². The topological polar surface area (TPSA) is 71.3 Å². The highest BCUT2D eigenvalue weighted by Crippen LogP contribution is 2.13. The maximum atomic E-state index is 12.0. The Bertz CT molecular complexity index is 868. The Hall–Kier alpha value is -3.12. The highest BCUT2D eigenvalue weighted by Gasteiger charge is 2.08. The molecule has 0 aliphatic rings. The lowest BCUT2D eigenvalue weighted by molar-refractivity contribution is -0.116. The molecule has 0 radical (unpaired) electrons. The van der Waals surface area contributed by atoms with Crippen molar-refractivity contribution in [3.05, 3.63) is 82.5 Å². The van der Waals surface area contributed by atoms with E-state index < -0.39 is 0 Å². The Morgan fingerprint density at radius 2 is 2.04 bits per heavy atom. The molecule has 0 aliphatic heterocycles. The van der Waals surface area contributed by atoms with Gasteiger partial charge in [-0.1, -0.05) is 18.2 Å². The van der Waals surface area contributed by atoms with Crippen molar-refractivity contribution in [2.75, 3.05) is 5.32 Å². The van der Waals surface area contributed by atoms with E-state index in [0.29, 0.717) is 12.2 Å². The lowest BCUT2D eigenvalue weighted by Gasteiger charge is -2.07. The van der Waals surface area contributed by atoms with Gasteiger partial charge in [0.2, 0.25) is 5.91 Å². The first kappa shape index (κ1) is 16.7. The van der Waals surface area contributed by atoms with Gasteiger partial charge in [-0.25, -0.2) is 0 Å². The molecule has 25 heavy (non-hydrogen) atoms. The average Bonchev–Trinajstić information content (AvgIpc) is 3.32. The third-order valence-electron chi connectivity index (χ3n) is 3.34. The molecule has 126 valence electrons. The molecule has 0 saturated carbocycles. The van der Waals surface area contributed by atoms with E-state index in [-0.39, 0.29) is 17.6 Å². The van der Waals surface area contributed by atoms with Gasteiger partial charge >= 0.3 is 0 Å². The summed E-state index contributed by atoms with van der Waals surface area (Å²) < 4.78 is 5.06. The van der Waals surface area contributed by atoms with Crippen molar-refractivity contribution >= 4 is 34.9 Å². The zero-order chi connectivity index (χ0) is 17.5. The van der Waals surface area contributed by atoms with Crippen molar-refractivity contribution < 1.29 is 14.0 Å². The molecule has 0 unspecified atom stereocenters. The molecule has 0 fully saturated rings. The third kappa shape index (κ3) is 4.92. The standard InChI is InChI=1S/C19H16N2O3S/c22-18(9-8-16-6-3-11-25-16)20-13-14-4-1-5-15(12-14)21-19(23)17-7-2-10-24-17/h1-12H,13H2,(H,20,22)(H,21,23)/b9-8+. The largest absolute Gasteiger partial charge is 0.459 e. The highest BCUT2D eigenvalue weighted by molar-refractivity contribution is 7.10. The van der Waals surface area contributed by atoms with Crippen LogP contribution in [0.1, 0.15) is 21.0 Å². The highest BCUT2D eigenvalue weighted by atomic mass is 32.1. The molecule has 3 rings (SSSR count). The molecule has 0 aliphatic carbocycles. The van der Waals surface area contributed by atoms with Gasteiger partial charge < -0.3 is 15.1 Å². The summed E-state index contributed by atoms with van der Waals surface area (Å²) in [5.41, 5.74) is 1.53. The molecule has 1 aromatic carbocycles. The molecule has 5 nitrogen and oxygen atoms in total. The van der Waals surface area contributed by atoms with Crippen LogP contribution < -0.4 is 10.6 Å². The fourth-order valence-electron chi connectivity index (χ4n) is 2.15. The van der Waals surface area contributed by atoms with E-state index in [4.69, 9.17) is 4.42 Å². The molecule has 0 spiro atoms. The molecule has 2 amide bonds.